The van der Waals surface area contributed by atoms with Crippen molar-refractivity contribution in [3.63, 3.8) is 0 Å². The smallest absolute Gasteiger partial charge is 0.0500 e. The van der Waals surface area contributed by atoms with Gasteiger partial charge in [-0.05, 0) is 65.5 Å². The molecule has 0 bridgehead atoms. The molecule has 1 aliphatic carbocycles. The van der Waals surface area contributed by atoms with Crippen LogP contribution in [0.15, 0.2) is 18.2 Å². The molecule has 1 unspecified atom stereocenters. The predicted molar refractivity (Wildman–Crippen MR) is 66.3 cm³/mol. The molecule has 1 aliphatic rings. The topological polar surface area (TPSA) is 20.2 Å². The molecule has 75 valence electrons. The third-order valence-electron chi connectivity index (χ3n) is 2.73. The summed E-state index contributed by atoms with van der Waals surface area (Å²) in [6.45, 7) is 4.08. The molecule has 1 nitrogen and oxygen atoms in total. The summed E-state index contributed by atoms with van der Waals surface area (Å²) in [5, 5.41) is 9.09. The first-order valence-electron chi connectivity index (χ1n) is 4.95. The number of benzene rings is 1. The quantitative estimate of drug-likeness (QED) is 0.851. The number of hydrogen-bond donors (Lipinski definition) is 1. The minimum atomic E-state index is 0.0144. The van der Waals surface area contributed by atoms with Crippen molar-refractivity contribution in [1.29, 1.82) is 0 Å². The normalized spacial score (nSPS) is 18.2. The van der Waals surface area contributed by atoms with Gasteiger partial charge in [0.25, 0.3) is 0 Å². The maximum Gasteiger partial charge on any atom is 0.0500 e. The van der Waals surface area contributed by atoms with Crippen molar-refractivity contribution in [2.45, 2.75) is 24.7 Å². The molecule has 0 aliphatic heterocycles. The van der Waals surface area contributed by atoms with Gasteiger partial charge in [0.2, 0.25) is 0 Å². The monoisotopic (exact) mass is 301 g/mol. The predicted octanol–water partition coefficient (Wildman–Crippen LogP) is 3.08. The van der Waals surface area contributed by atoms with Gasteiger partial charge in [-0.3, -0.25) is 0 Å². The molecule has 0 spiro atoms. The lowest BCUT2D eigenvalue weighted by Gasteiger charge is -2.12. The average Bonchev–Trinajstić information content (AvgIpc) is 3.01. The van der Waals surface area contributed by atoms with Gasteiger partial charge in [0, 0.05) is 16.1 Å². The summed E-state index contributed by atoms with van der Waals surface area (Å²) >= 11 is 2.31. The molecule has 0 heterocycles. The van der Waals surface area contributed by atoms with Crippen LogP contribution < -0.4 is 0 Å². The molecule has 1 radical (unpaired) electrons. The van der Waals surface area contributed by atoms with Crippen LogP contribution in [-0.2, 0) is 0 Å². The van der Waals surface area contributed by atoms with Crippen molar-refractivity contribution < 1.29 is 5.11 Å². The first kappa shape index (κ1) is 10.4. The minimum absolute atomic E-state index is 0.0144. The lowest BCUT2D eigenvalue weighted by molar-refractivity contribution is 0.282. The van der Waals surface area contributed by atoms with E-state index in [1.165, 1.54) is 27.5 Å². The van der Waals surface area contributed by atoms with Gasteiger partial charge in [-0.25, -0.2) is 0 Å². The standard InChI is InChI=1S/C12H14IO/c1-8(7-14)11-6-10(9-2-3-9)4-5-12(11)13/h4-6,8-9,14H,1-3,7H2. The van der Waals surface area contributed by atoms with Gasteiger partial charge in [-0.2, -0.15) is 0 Å². The van der Waals surface area contributed by atoms with E-state index in [0.717, 1.165) is 5.92 Å². The number of rotatable bonds is 3. The Labute approximate surface area is 98.7 Å². The summed E-state index contributed by atoms with van der Waals surface area (Å²) < 4.78 is 1.21. The highest BCUT2D eigenvalue weighted by Gasteiger charge is 2.24. The number of aliphatic hydroxyl groups excluding tert-OH is 1. The van der Waals surface area contributed by atoms with Crippen LogP contribution >= 0.6 is 22.6 Å². The zero-order chi connectivity index (χ0) is 10.1. The minimum Gasteiger partial charge on any atom is -0.396 e. The number of hydrogen-bond acceptors (Lipinski definition) is 1. The Bertz CT molecular complexity index is 331. The Kier molecular flexibility index (Phi) is 3.12. The van der Waals surface area contributed by atoms with Crippen molar-refractivity contribution in [3.05, 3.63) is 39.8 Å². The summed E-state index contributed by atoms with van der Waals surface area (Å²) in [5.41, 5.74) is 2.61. The molecular formula is C12H14IO. The van der Waals surface area contributed by atoms with E-state index in [1.807, 2.05) is 0 Å². The Balaban J connectivity index is 2.31. The molecule has 14 heavy (non-hydrogen) atoms. The fourth-order valence-electron chi connectivity index (χ4n) is 1.64. The maximum absolute atomic E-state index is 9.09. The molecule has 1 atom stereocenters. The third kappa shape index (κ3) is 2.11. The SMILES string of the molecule is [CH2]C(CO)c1cc(C2CC2)ccc1I. The summed E-state index contributed by atoms with van der Waals surface area (Å²) in [6, 6.07) is 6.55. The fraction of sp³-hybridized carbons (Fsp3) is 0.417. The van der Waals surface area contributed by atoms with E-state index in [0.29, 0.717) is 0 Å². The molecule has 1 fully saturated rings. The summed E-state index contributed by atoms with van der Waals surface area (Å²) in [7, 11) is 0. The van der Waals surface area contributed by atoms with E-state index < -0.39 is 0 Å². The number of aliphatic hydroxyl groups is 1. The Hall–Kier alpha value is -0.0900. The highest BCUT2D eigenvalue weighted by molar-refractivity contribution is 14.1. The first-order chi connectivity index (χ1) is 6.72. The fourth-order valence-corrected chi connectivity index (χ4v) is 2.42. The molecule has 0 saturated heterocycles. The Morgan fingerprint density at radius 2 is 2.21 bits per heavy atom. The molecule has 2 rings (SSSR count). The van der Waals surface area contributed by atoms with E-state index >= 15 is 0 Å². The van der Waals surface area contributed by atoms with Crippen LogP contribution in [0.25, 0.3) is 0 Å². The Morgan fingerprint density at radius 3 is 2.79 bits per heavy atom. The first-order valence-corrected chi connectivity index (χ1v) is 6.03. The van der Waals surface area contributed by atoms with Crippen LogP contribution in [-0.4, -0.2) is 11.7 Å². The molecule has 1 aromatic carbocycles. The van der Waals surface area contributed by atoms with Crippen LogP contribution in [0.3, 0.4) is 0 Å². The van der Waals surface area contributed by atoms with E-state index in [4.69, 9.17) is 5.11 Å². The van der Waals surface area contributed by atoms with Crippen LogP contribution in [0.5, 0.6) is 0 Å². The van der Waals surface area contributed by atoms with Gasteiger partial charge < -0.3 is 5.11 Å². The van der Waals surface area contributed by atoms with Crippen LogP contribution in [0, 0.1) is 10.5 Å². The van der Waals surface area contributed by atoms with Gasteiger partial charge in [0.1, 0.15) is 0 Å². The zero-order valence-corrected chi connectivity index (χ0v) is 10.2. The van der Waals surface area contributed by atoms with Crippen LogP contribution in [0.2, 0.25) is 0 Å². The summed E-state index contributed by atoms with van der Waals surface area (Å²) in [4.78, 5) is 0. The second-order valence-corrected chi connectivity index (χ2v) is 5.10. The van der Waals surface area contributed by atoms with Crippen LogP contribution in [0.4, 0.5) is 0 Å². The largest absolute Gasteiger partial charge is 0.396 e. The van der Waals surface area contributed by atoms with Crippen molar-refractivity contribution in [2.24, 2.45) is 0 Å². The highest BCUT2D eigenvalue weighted by atomic mass is 127. The van der Waals surface area contributed by atoms with E-state index in [2.05, 4.69) is 47.7 Å². The van der Waals surface area contributed by atoms with Gasteiger partial charge in [0.15, 0.2) is 0 Å². The van der Waals surface area contributed by atoms with E-state index in [1.54, 1.807) is 0 Å². The van der Waals surface area contributed by atoms with Crippen molar-refractivity contribution in [2.75, 3.05) is 6.61 Å². The molecule has 1 N–H and O–H groups in total. The van der Waals surface area contributed by atoms with Gasteiger partial charge in [-0.1, -0.05) is 12.1 Å². The second kappa shape index (κ2) is 4.19. The highest BCUT2D eigenvalue weighted by Crippen LogP contribution is 2.41. The van der Waals surface area contributed by atoms with Gasteiger partial charge in [0.05, 0.1) is 0 Å². The van der Waals surface area contributed by atoms with E-state index in [9.17, 15) is 0 Å². The molecule has 0 aromatic heterocycles. The molecule has 0 amide bonds. The number of halogens is 1. The van der Waals surface area contributed by atoms with E-state index in [-0.39, 0.29) is 12.5 Å². The van der Waals surface area contributed by atoms with Crippen molar-refractivity contribution in [3.8, 4) is 0 Å². The third-order valence-corrected chi connectivity index (χ3v) is 3.71. The molecular weight excluding hydrogens is 287 g/mol. The Morgan fingerprint density at radius 1 is 1.50 bits per heavy atom. The lowest BCUT2D eigenvalue weighted by atomic mass is 9.98. The zero-order valence-electron chi connectivity index (χ0n) is 8.04. The molecule has 2 heteroatoms. The van der Waals surface area contributed by atoms with Gasteiger partial charge >= 0.3 is 0 Å². The van der Waals surface area contributed by atoms with Crippen molar-refractivity contribution >= 4 is 22.6 Å². The van der Waals surface area contributed by atoms with Crippen LogP contribution in [0.1, 0.15) is 35.8 Å². The molecule has 1 aromatic rings. The lowest BCUT2D eigenvalue weighted by Crippen LogP contribution is -2.02. The maximum atomic E-state index is 9.09. The molecule has 1 saturated carbocycles. The summed E-state index contributed by atoms with van der Waals surface area (Å²) in [5.74, 6) is 0.789. The summed E-state index contributed by atoms with van der Waals surface area (Å²) in [6.07, 6.45) is 2.64. The average molecular weight is 301 g/mol. The van der Waals surface area contributed by atoms with Crippen molar-refractivity contribution in [1.82, 2.24) is 0 Å². The van der Waals surface area contributed by atoms with Gasteiger partial charge in [-0.15, -0.1) is 0 Å². The second-order valence-electron chi connectivity index (χ2n) is 3.93.